The van der Waals surface area contributed by atoms with Crippen LogP contribution in [0.4, 0.5) is 13.2 Å². The summed E-state index contributed by atoms with van der Waals surface area (Å²) in [5.74, 6) is -3.21. The lowest BCUT2D eigenvalue weighted by atomic mass is 10.1. The van der Waals surface area contributed by atoms with Crippen molar-refractivity contribution >= 4 is 12.4 Å². The van der Waals surface area contributed by atoms with E-state index in [2.05, 4.69) is 6.58 Å². The molecule has 1 aromatic rings. The van der Waals surface area contributed by atoms with Crippen LogP contribution in [0.25, 0.3) is 0 Å². The highest BCUT2D eigenvalue weighted by Gasteiger charge is 2.12. The van der Waals surface area contributed by atoms with Crippen LogP contribution >= 0.6 is 12.4 Å². The Morgan fingerprint density at radius 1 is 1.14 bits per heavy atom. The van der Waals surface area contributed by atoms with Gasteiger partial charge in [-0.1, -0.05) is 6.08 Å². The third-order valence-electron chi connectivity index (χ3n) is 1.65. The normalized spacial score (nSPS) is 11.7. The SMILES string of the molecule is C=C[C@@H](N)c1cc(F)c(F)cc1F.Cl. The predicted molar refractivity (Wildman–Crippen MR) is 50.7 cm³/mol. The van der Waals surface area contributed by atoms with Gasteiger partial charge in [-0.2, -0.15) is 0 Å². The Kier molecular flexibility index (Phi) is 4.67. The minimum absolute atomic E-state index is 0. The molecule has 0 fully saturated rings. The highest BCUT2D eigenvalue weighted by molar-refractivity contribution is 5.85. The van der Waals surface area contributed by atoms with Crippen molar-refractivity contribution in [3.8, 4) is 0 Å². The van der Waals surface area contributed by atoms with Crippen LogP contribution in [0.1, 0.15) is 11.6 Å². The van der Waals surface area contributed by atoms with Gasteiger partial charge in [0, 0.05) is 11.6 Å². The van der Waals surface area contributed by atoms with E-state index in [-0.39, 0.29) is 18.0 Å². The van der Waals surface area contributed by atoms with Crippen LogP contribution in [-0.4, -0.2) is 0 Å². The van der Waals surface area contributed by atoms with E-state index in [1.54, 1.807) is 0 Å². The lowest BCUT2D eigenvalue weighted by Gasteiger charge is -2.07. The van der Waals surface area contributed by atoms with Crippen LogP contribution in [-0.2, 0) is 0 Å². The average Bonchev–Trinajstić information content (AvgIpc) is 2.10. The highest BCUT2D eigenvalue weighted by atomic mass is 35.5. The lowest BCUT2D eigenvalue weighted by molar-refractivity contribution is 0.488. The summed E-state index contributed by atoms with van der Waals surface area (Å²) >= 11 is 0. The minimum Gasteiger partial charge on any atom is -0.321 e. The summed E-state index contributed by atoms with van der Waals surface area (Å²) in [7, 11) is 0. The van der Waals surface area contributed by atoms with Gasteiger partial charge in [-0.15, -0.1) is 19.0 Å². The summed E-state index contributed by atoms with van der Waals surface area (Å²) in [5.41, 5.74) is 5.26. The lowest BCUT2D eigenvalue weighted by Crippen LogP contribution is -2.09. The maximum absolute atomic E-state index is 12.9. The van der Waals surface area contributed by atoms with E-state index in [0.717, 1.165) is 6.07 Å². The molecule has 0 spiro atoms. The maximum Gasteiger partial charge on any atom is 0.161 e. The summed E-state index contributed by atoms with van der Waals surface area (Å²) in [6.07, 6.45) is 1.25. The third kappa shape index (κ3) is 2.49. The largest absolute Gasteiger partial charge is 0.321 e. The summed E-state index contributed by atoms with van der Waals surface area (Å²) in [6, 6.07) is 0.375. The first-order chi connectivity index (χ1) is 6.06. The first-order valence-electron chi connectivity index (χ1n) is 3.59. The molecule has 1 nitrogen and oxygen atoms in total. The fourth-order valence-corrected chi connectivity index (χ4v) is 0.920. The second kappa shape index (κ2) is 5.02. The number of benzene rings is 1. The molecule has 0 amide bonds. The summed E-state index contributed by atoms with van der Waals surface area (Å²) in [6.45, 7) is 3.32. The molecule has 0 aliphatic heterocycles. The summed E-state index contributed by atoms with van der Waals surface area (Å²) < 4.78 is 38.0. The molecular weight excluding hydrogens is 215 g/mol. The Balaban J connectivity index is 0.00000169. The van der Waals surface area contributed by atoms with Crippen molar-refractivity contribution in [1.29, 1.82) is 0 Å². The quantitative estimate of drug-likeness (QED) is 0.606. The standard InChI is InChI=1S/C9H8F3N.ClH/c1-2-9(13)5-3-7(11)8(12)4-6(5)10;/h2-4,9H,1,13H2;1H/t9-;/m1./s1. The second-order valence-electron chi connectivity index (χ2n) is 2.55. The molecule has 2 N–H and O–H groups in total. The van der Waals surface area contributed by atoms with E-state index in [4.69, 9.17) is 5.73 Å². The Morgan fingerprint density at radius 2 is 1.64 bits per heavy atom. The topological polar surface area (TPSA) is 26.0 Å². The van der Waals surface area contributed by atoms with Crippen LogP contribution in [0.15, 0.2) is 24.8 Å². The number of hydrogen-bond acceptors (Lipinski definition) is 1. The van der Waals surface area contributed by atoms with E-state index in [0.29, 0.717) is 6.07 Å². The minimum atomic E-state index is -1.22. The molecule has 0 unspecified atom stereocenters. The molecule has 1 atom stereocenters. The fraction of sp³-hybridized carbons (Fsp3) is 0.111. The third-order valence-corrected chi connectivity index (χ3v) is 1.65. The van der Waals surface area contributed by atoms with Crippen LogP contribution in [0.3, 0.4) is 0 Å². The van der Waals surface area contributed by atoms with Gasteiger partial charge >= 0.3 is 0 Å². The van der Waals surface area contributed by atoms with Gasteiger partial charge in [0.2, 0.25) is 0 Å². The van der Waals surface area contributed by atoms with Gasteiger partial charge in [-0.05, 0) is 6.07 Å². The first-order valence-corrected chi connectivity index (χ1v) is 3.59. The molecule has 5 heteroatoms. The molecule has 0 aliphatic rings. The van der Waals surface area contributed by atoms with Gasteiger partial charge in [0.05, 0.1) is 6.04 Å². The average molecular weight is 224 g/mol. The molecule has 1 rings (SSSR count). The van der Waals surface area contributed by atoms with Crippen LogP contribution < -0.4 is 5.73 Å². The monoisotopic (exact) mass is 223 g/mol. The molecule has 0 heterocycles. The van der Waals surface area contributed by atoms with E-state index in [1.807, 2.05) is 0 Å². The molecule has 0 bridgehead atoms. The molecule has 0 aliphatic carbocycles. The van der Waals surface area contributed by atoms with E-state index >= 15 is 0 Å². The smallest absolute Gasteiger partial charge is 0.161 e. The van der Waals surface area contributed by atoms with Crippen LogP contribution in [0.2, 0.25) is 0 Å². The van der Waals surface area contributed by atoms with Crippen molar-refractivity contribution in [2.75, 3.05) is 0 Å². The highest BCUT2D eigenvalue weighted by Crippen LogP contribution is 2.19. The number of hydrogen-bond donors (Lipinski definition) is 1. The number of halogens is 4. The van der Waals surface area contributed by atoms with Gasteiger partial charge < -0.3 is 5.73 Å². The first kappa shape index (κ1) is 13.0. The zero-order chi connectivity index (χ0) is 10.0. The Labute approximate surface area is 85.8 Å². The van der Waals surface area contributed by atoms with Crippen LogP contribution in [0, 0.1) is 17.5 Å². The molecule has 14 heavy (non-hydrogen) atoms. The Morgan fingerprint density at radius 3 is 2.14 bits per heavy atom. The molecule has 0 saturated heterocycles. The molecular formula is C9H9ClF3N. The van der Waals surface area contributed by atoms with Gasteiger partial charge in [-0.25, -0.2) is 13.2 Å². The summed E-state index contributed by atoms with van der Waals surface area (Å²) in [4.78, 5) is 0. The Hall–Kier alpha value is -1.000. The van der Waals surface area contributed by atoms with Crippen molar-refractivity contribution in [1.82, 2.24) is 0 Å². The molecule has 0 aromatic heterocycles. The maximum atomic E-state index is 12.9. The van der Waals surface area contributed by atoms with Gasteiger partial charge in [0.25, 0.3) is 0 Å². The van der Waals surface area contributed by atoms with Crippen molar-refractivity contribution in [3.63, 3.8) is 0 Å². The van der Waals surface area contributed by atoms with E-state index < -0.39 is 23.5 Å². The van der Waals surface area contributed by atoms with E-state index in [1.165, 1.54) is 6.08 Å². The molecule has 78 valence electrons. The zero-order valence-corrected chi connectivity index (χ0v) is 7.95. The zero-order valence-electron chi connectivity index (χ0n) is 7.14. The molecule has 0 radical (unpaired) electrons. The number of nitrogens with two attached hydrogens (primary N) is 1. The van der Waals surface area contributed by atoms with E-state index in [9.17, 15) is 13.2 Å². The van der Waals surface area contributed by atoms with Crippen molar-refractivity contribution in [3.05, 3.63) is 47.8 Å². The Bertz CT molecular complexity index is 341. The second-order valence-corrected chi connectivity index (χ2v) is 2.55. The van der Waals surface area contributed by atoms with Gasteiger partial charge in [0.1, 0.15) is 5.82 Å². The van der Waals surface area contributed by atoms with Crippen molar-refractivity contribution in [2.45, 2.75) is 6.04 Å². The van der Waals surface area contributed by atoms with Crippen LogP contribution in [0.5, 0.6) is 0 Å². The number of rotatable bonds is 2. The summed E-state index contributed by atoms with van der Waals surface area (Å²) in [5, 5.41) is 0. The molecule has 1 aromatic carbocycles. The predicted octanol–water partition coefficient (Wildman–Crippen LogP) is 2.71. The fourth-order valence-electron chi connectivity index (χ4n) is 0.920. The van der Waals surface area contributed by atoms with Crippen molar-refractivity contribution in [2.24, 2.45) is 5.73 Å². The molecule has 0 saturated carbocycles. The van der Waals surface area contributed by atoms with Crippen molar-refractivity contribution < 1.29 is 13.2 Å². The van der Waals surface area contributed by atoms with Gasteiger partial charge in [-0.3, -0.25) is 0 Å². The van der Waals surface area contributed by atoms with Gasteiger partial charge in [0.15, 0.2) is 11.6 Å².